The minimum absolute atomic E-state index is 0.0336. The molecule has 1 saturated heterocycles. The van der Waals surface area contributed by atoms with Gasteiger partial charge in [-0.3, -0.25) is 4.79 Å². The molecule has 0 radical (unpaired) electrons. The minimum Gasteiger partial charge on any atom is -0.465 e. The number of ether oxygens (including phenoxy) is 1. The molecule has 1 heterocycles. The first-order valence-electron chi connectivity index (χ1n) is 6.04. The molecule has 3 rings (SSSR count). The fourth-order valence-corrected chi connectivity index (χ4v) is 3.12. The lowest BCUT2D eigenvalue weighted by Crippen LogP contribution is -2.40. The number of carbonyl (C=O) groups is 1. The Bertz CT molecular complexity index is 412. The lowest BCUT2D eigenvalue weighted by molar-refractivity contribution is -0.151. The molecule has 84 valence electrons. The van der Waals surface area contributed by atoms with Crippen LogP contribution in [0.1, 0.15) is 36.8 Å². The number of carbonyl (C=O) groups excluding carboxylic acids is 1. The maximum absolute atomic E-state index is 11.2. The van der Waals surface area contributed by atoms with Crippen molar-refractivity contribution in [2.24, 2.45) is 0 Å². The highest BCUT2D eigenvalue weighted by atomic mass is 16.5. The molecule has 1 aromatic carbocycles. The van der Waals surface area contributed by atoms with E-state index in [2.05, 4.69) is 24.3 Å². The Labute approximate surface area is 95.6 Å². The molecule has 0 saturated carbocycles. The van der Waals surface area contributed by atoms with Crippen molar-refractivity contribution in [3.8, 4) is 0 Å². The van der Waals surface area contributed by atoms with Gasteiger partial charge in [0.2, 0.25) is 0 Å². The van der Waals surface area contributed by atoms with Gasteiger partial charge in [0.1, 0.15) is 6.61 Å². The summed E-state index contributed by atoms with van der Waals surface area (Å²) in [7, 11) is 0. The van der Waals surface area contributed by atoms with E-state index < -0.39 is 0 Å². The number of hydrogen-bond acceptors (Lipinski definition) is 2. The first-order chi connectivity index (χ1) is 7.80. The summed E-state index contributed by atoms with van der Waals surface area (Å²) in [5.74, 6) is -0.0336. The van der Waals surface area contributed by atoms with Crippen molar-refractivity contribution in [2.45, 2.75) is 37.5 Å². The average molecular weight is 216 g/mol. The normalized spacial score (nSPS) is 28.6. The van der Waals surface area contributed by atoms with Gasteiger partial charge in [-0.1, -0.05) is 24.3 Å². The van der Waals surface area contributed by atoms with Crippen LogP contribution >= 0.6 is 0 Å². The smallest absolute Gasteiger partial charge is 0.305 e. The van der Waals surface area contributed by atoms with Gasteiger partial charge in [-0.05, 0) is 36.8 Å². The van der Waals surface area contributed by atoms with Gasteiger partial charge in [-0.25, -0.2) is 0 Å². The van der Waals surface area contributed by atoms with Gasteiger partial charge in [0.15, 0.2) is 0 Å². The molecule has 2 nitrogen and oxygen atoms in total. The van der Waals surface area contributed by atoms with Gasteiger partial charge >= 0.3 is 5.97 Å². The predicted molar refractivity (Wildman–Crippen MR) is 61.3 cm³/mol. The highest BCUT2D eigenvalue weighted by Crippen LogP contribution is 2.42. The van der Waals surface area contributed by atoms with E-state index in [-0.39, 0.29) is 11.4 Å². The molecule has 0 amide bonds. The molecular formula is C14H16O2. The number of cyclic esters (lactones) is 1. The Morgan fingerprint density at radius 3 is 2.81 bits per heavy atom. The molecule has 2 heteroatoms. The quantitative estimate of drug-likeness (QED) is 0.623. The molecular weight excluding hydrogens is 200 g/mol. The fraction of sp³-hybridized carbons (Fsp3) is 0.500. The molecule has 1 atom stereocenters. The SMILES string of the molecule is O=C1CCC2(CCCc3ccccc32)CO1. The van der Waals surface area contributed by atoms with E-state index >= 15 is 0 Å². The lowest BCUT2D eigenvalue weighted by atomic mass is 9.67. The Morgan fingerprint density at radius 1 is 1.12 bits per heavy atom. The van der Waals surface area contributed by atoms with Crippen molar-refractivity contribution in [2.75, 3.05) is 6.61 Å². The van der Waals surface area contributed by atoms with Crippen molar-refractivity contribution in [3.05, 3.63) is 35.4 Å². The maximum atomic E-state index is 11.2. The van der Waals surface area contributed by atoms with Crippen LogP contribution < -0.4 is 0 Å². The zero-order valence-corrected chi connectivity index (χ0v) is 9.37. The van der Waals surface area contributed by atoms with Crippen LogP contribution in [0.2, 0.25) is 0 Å². The van der Waals surface area contributed by atoms with Crippen molar-refractivity contribution in [1.29, 1.82) is 0 Å². The van der Waals surface area contributed by atoms with Crippen LogP contribution in [0, 0.1) is 0 Å². The number of esters is 1. The lowest BCUT2D eigenvalue weighted by Gasteiger charge is -2.41. The van der Waals surface area contributed by atoms with Crippen molar-refractivity contribution in [1.82, 2.24) is 0 Å². The van der Waals surface area contributed by atoms with Crippen LogP contribution in [0.25, 0.3) is 0 Å². The molecule has 0 aromatic heterocycles. The molecule has 0 N–H and O–H groups in total. The Morgan fingerprint density at radius 2 is 2.00 bits per heavy atom. The summed E-state index contributed by atoms with van der Waals surface area (Å²) in [5, 5.41) is 0. The van der Waals surface area contributed by atoms with Crippen LogP contribution in [0.3, 0.4) is 0 Å². The van der Waals surface area contributed by atoms with Crippen LogP contribution in [-0.2, 0) is 21.4 Å². The van der Waals surface area contributed by atoms with Gasteiger partial charge in [-0.2, -0.15) is 0 Å². The molecule has 1 unspecified atom stereocenters. The summed E-state index contributed by atoms with van der Waals surface area (Å²) >= 11 is 0. The maximum Gasteiger partial charge on any atom is 0.305 e. The molecule has 2 aliphatic rings. The van der Waals surface area contributed by atoms with E-state index in [4.69, 9.17) is 4.74 Å². The molecule has 16 heavy (non-hydrogen) atoms. The zero-order chi connectivity index (χ0) is 11.0. The Balaban J connectivity index is 2.00. The summed E-state index contributed by atoms with van der Waals surface area (Å²) in [4.78, 5) is 11.2. The van der Waals surface area contributed by atoms with Crippen molar-refractivity contribution >= 4 is 5.97 Å². The zero-order valence-electron chi connectivity index (χ0n) is 9.37. The van der Waals surface area contributed by atoms with E-state index in [1.54, 1.807) is 0 Å². The molecule has 1 fully saturated rings. The second kappa shape index (κ2) is 3.62. The van der Waals surface area contributed by atoms with Gasteiger partial charge in [-0.15, -0.1) is 0 Å². The first-order valence-corrected chi connectivity index (χ1v) is 6.04. The Hall–Kier alpha value is -1.31. The van der Waals surface area contributed by atoms with Gasteiger partial charge < -0.3 is 4.74 Å². The highest BCUT2D eigenvalue weighted by molar-refractivity contribution is 5.70. The summed E-state index contributed by atoms with van der Waals surface area (Å²) in [6.07, 6.45) is 5.09. The molecule has 0 bridgehead atoms. The van der Waals surface area contributed by atoms with E-state index in [0.717, 1.165) is 12.8 Å². The highest BCUT2D eigenvalue weighted by Gasteiger charge is 2.40. The summed E-state index contributed by atoms with van der Waals surface area (Å²) in [5.41, 5.74) is 3.00. The van der Waals surface area contributed by atoms with E-state index in [1.807, 2.05) is 0 Å². The Kier molecular flexibility index (Phi) is 2.23. The second-order valence-electron chi connectivity index (χ2n) is 4.95. The third-order valence-electron chi connectivity index (χ3n) is 4.01. The van der Waals surface area contributed by atoms with E-state index in [1.165, 1.54) is 24.0 Å². The standard InChI is InChI=1S/C14H16O2/c15-13-7-9-14(10-16-13)8-3-5-11-4-1-2-6-12(11)14/h1-2,4,6H,3,5,7-10H2. The summed E-state index contributed by atoms with van der Waals surface area (Å²) < 4.78 is 5.29. The second-order valence-corrected chi connectivity index (χ2v) is 4.95. The van der Waals surface area contributed by atoms with Gasteiger partial charge in [0.05, 0.1) is 0 Å². The third kappa shape index (κ3) is 1.44. The van der Waals surface area contributed by atoms with Gasteiger partial charge in [0, 0.05) is 11.8 Å². The van der Waals surface area contributed by atoms with Crippen molar-refractivity contribution in [3.63, 3.8) is 0 Å². The first kappa shape index (κ1) is 9.88. The number of rotatable bonds is 0. The number of benzene rings is 1. The summed E-state index contributed by atoms with van der Waals surface area (Å²) in [6.45, 7) is 0.586. The van der Waals surface area contributed by atoms with Crippen LogP contribution in [0.5, 0.6) is 0 Å². The topological polar surface area (TPSA) is 26.3 Å². The monoisotopic (exact) mass is 216 g/mol. The predicted octanol–water partition coefficient (Wildman–Crippen LogP) is 2.60. The van der Waals surface area contributed by atoms with Gasteiger partial charge in [0.25, 0.3) is 0 Å². The summed E-state index contributed by atoms with van der Waals surface area (Å²) in [6, 6.07) is 8.63. The van der Waals surface area contributed by atoms with E-state index in [9.17, 15) is 4.79 Å². The molecule has 1 aliphatic heterocycles. The largest absolute Gasteiger partial charge is 0.465 e. The molecule has 1 aromatic rings. The fourth-order valence-electron chi connectivity index (χ4n) is 3.12. The number of hydrogen-bond donors (Lipinski definition) is 0. The van der Waals surface area contributed by atoms with Crippen LogP contribution in [-0.4, -0.2) is 12.6 Å². The van der Waals surface area contributed by atoms with E-state index in [0.29, 0.717) is 13.0 Å². The van der Waals surface area contributed by atoms with Crippen LogP contribution in [0.4, 0.5) is 0 Å². The molecule has 1 aliphatic carbocycles. The van der Waals surface area contributed by atoms with Crippen LogP contribution in [0.15, 0.2) is 24.3 Å². The number of aryl methyl sites for hydroxylation is 1. The molecule has 1 spiro atoms. The average Bonchev–Trinajstić information content (AvgIpc) is 2.34. The number of fused-ring (bicyclic) bond motifs is 2. The van der Waals surface area contributed by atoms with Crippen molar-refractivity contribution < 1.29 is 9.53 Å². The minimum atomic E-state index is -0.0336. The third-order valence-corrected chi connectivity index (χ3v) is 4.01.